The van der Waals surface area contributed by atoms with Gasteiger partial charge >= 0.3 is 0 Å². The van der Waals surface area contributed by atoms with Crippen LogP contribution >= 0.6 is 11.6 Å². The fourth-order valence-corrected chi connectivity index (χ4v) is 5.46. The van der Waals surface area contributed by atoms with Gasteiger partial charge in [0.25, 0.3) is 0 Å². The second-order valence-corrected chi connectivity index (χ2v) is 8.77. The molecule has 33 heavy (non-hydrogen) atoms. The minimum atomic E-state index is -0.495. The molecule has 0 amide bonds. The zero-order valence-electron chi connectivity index (χ0n) is 18.0. The summed E-state index contributed by atoms with van der Waals surface area (Å²) in [6, 6.07) is 47.1. The van der Waals surface area contributed by atoms with E-state index in [2.05, 4.69) is 132 Å². The first kappa shape index (κ1) is 19.8. The maximum Gasteiger partial charge on any atom is 0.0742 e. The topological polar surface area (TPSA) is 3.24 Å². The largest absolute Gasteiger partial charge is 0.310 e. The summed E-state index contributed by atoms with van der Waals surface area (Å²) in [5.74, 6) is 0. The van der Waals surface area contributed by atoms with Gasteiger partial charge in [0.2, 0.25) is 0 Å². The van der Waals surface area contributed by atoms with Gasteiger partial charge in [-0.15, -0.1) is 0 Å². The van der Waals surface area contributed by atoms with Gasteiger partial charge < -0.3 is 4.90 Å². The molecule has 158 valence electrons. The molecule has 0 aliphatic carbocycles. The highest BCUT2D eigenvalue weighted by Gasteiger charge is 2.46. The molecule has 0 aromatic heterocycles. The zero-order valence-corrected chi connectivity index (χ0v) is 18.8. The lowest BCUT2D eigenvalue weighted by atomic mass is 9.62. The molecule has 0 fully saturated rings. The standard InChI is InChI=1S/C31H22ClN/c32-25-20-21-30-28(22-25)31(23-12-4-1-5-13-23,24-14-6-2-7-15-24)27-18-10-11-19-29(27)33(30)26-16-8-3-9-17-26/h1-22H. The van der Waals surface area contributed by atoms with Crippen LogP contribution in [0.25, 0.3) is 0 Å². The summed E-state index contributed by atoms with van der Waals surface area (Å²) in [5.41, 5.74) is 7.80. The van der Waals surface area contributed by atoms with Crippen LogP contribution in [0.15, 0.2) is 133 Å². The van der Waals surface area contributed by atoms with Gasteiger partial charge in [0.1, 0.15) is 0 Å². The van der Waals surface area contributed by atoms with E-state index in [0.717, 1.165) is 16.4 Å². The van der Waals surface area contributed by atoms with E-state index < -0.39 is 5.41 Å². The number of rotatable bonds is 3. The van der Waals surface area contributed by atoms with Crippen LogP contribution in [0.4, 0.5) is 17.1 Å². The minimum Gasteiger partial charge on any atom is -0.310 e. The zero-order chi connectivity index (χ0) is 22.3. The average molecular weight is 444 g/mol. The second-order valence-electron chi connectivity index (χ2n) is 8.33. The molecule has 1 aliphatic rings. The highest BCUT2D eigenvalue weighted by Crippen LogP contribution is 2.57. The van der Waals surface area contributed by atoms with E-state index in [1.165, 1.54) is 27.9 Å². The molecule has 0 saturated carbocycles. The Bertz CT molecular complexity index is 1370. The van der Waals surface area contributed by atoms with Crippen molar-refractivity contribution in [3.05, 3.63) is 161 Å². The molecular weight excluding hydrogens is 422 g/mol. The number of nitrogens with zero attached hydrogens (tertiary/aromatic N) is 1. The highest BCUT2D eigenvalue weighted by molar-refractivity contribution is 6.30. The molecule has 0 spiro atoms. The Hall–Kier alpha value is -3.81. The second kappa shape index (κ2) is 7.95. The van der Waals surface area contributed by atoms with Gasteiger partial charge in [-0.25, -0.2) is 0 Å². The van der Waals surface area contributed by atoms with Crippen molar-refractivity contribution >= 4 is 28.7 Å². The van der Waals surface area contributed by atoms with Crippen LogP contribution < -0.4 is 4.90 Å². The number of anilines is 3. The summed E-state index contributed by atoms with van der Waals surface area (Å²) in [6.45, 7) is 0. The maximum atomic E-state index is 6.68. The minimum absolute atomic E-state index is 0.495. The first-order valence-corrected chi connectivity index (χ1v) is 11.5. The van der Waals surface area contributed by atoms with Crippen LogP contribution in [0, 0.1) is 0 Å². The lowest BCUT2D eigenvalue weighted by molar-refractivity contribution is 0.731. The predicted molar refractivity (Wildman–Crippen MR) is 138 cm³/mol. The summed E-state index contributed by atoms with van der Waals surface area (Å²) >= 11 is 6.68. The van der Waals surface area contributed by atoms with Crippen molar-refractivity contribution in [3.63, 3.8) is 0 Å². The quantitative estimate of drug-likeness (QED) is 0.265. The molecule has 0 radical (unpaired) electrons. The monoisotopic (exact) mass is 443 g/mol. The van der Waals surface area contributed by atoms with Crippen molar-refractivity contribution in [3.8, 4) is 0 Å². The van der Waals surface area contributed by atoms with Gasteiger partial charge in [-0.2, -0.15) is 0 Å². The summed E-state index contributed by atoms with van der Waals surface area (Å²) in [4.78, 5) is 2.35. The smallest absolute Gasteiger partial charge is 0.0742 e. The average Bonchev–Trinajstić information content (AvgIpc) is 2.89. The van der Waals surface area contributed by atoms with Crippen LogP contribution in [0.5, 0.6) is 0 Å². The van der Waals surface area contributed by atoms with Gasteiger partial charge in [0, 0.05) is 10.7 Å². The summed E-state index contributed by atoms with van der Waals surface area (Å²) in [5, 5.41) is 0.734. The Labute approximate surface area is 199 Å². The summed E-state index contributed by atoms with van der Waals surface area (Å²) in [6.07, 6.45) is 0. The van der Waals surface area contributed by atoms with Crippen LogP contribution in [0.3, 0.4) is 0 Å². The molecular formula is C31H22ClN. The van der Waals surface area contributed by atoms with E-state index in [0.29, 0.717) is 0 Å². The Balaban J connectivity index is 1.80. The van der Waals surface area contributed by atoms with Gasteiger partial charge in [0.05, 0.1) is 16.8 Å². The fourth-order valence-electron chi connectivity index (χ4n) is 5.28. The summed E-state index contributed by atoms with van der Waals surface area (Å²) in [7, 11) is 0. The maximum absolute atomic E-state index is 6.68. The van der Waals surface area contributed by atoms with Gasteiger partial charge in [-0.05, 0) is 58.7 Å². The van der Waals surface area contributed by atoms with E-state index >= 15 is 0 Å². The van der Waals surface area contributed by atoms with Crippen LogP contribution in [0.1, 0.15) is 22.3 Å². The number of hydrogen-bond donors (Lipinski definition) is 0. The van der Waals surface area contributed by atoms with Crippen molar-refractivity contribution in [2.24, 2.45) is 0 Å². The van der Waals surface area contributed by atoms with E-state index in [4.69, 9.17) is 11.6 Å². The Morgan fingerprint density at radius 1 is 0.485 bits per heavy atom. The molecule has 5 aromatic rings. The lowest BCUT2D eigenvalue weighted by Crippen LogP contribution is -2.37. The molecule has 0 bridgehead atoms. The first-order chi connectivity index (χ1) is 16.3. The van der Waals surface area contributed by atoms with Gasteiger partial charge in [-0.1, -0.05) is 109 Å². The highest BCUT2D eigenvalue weighted by atomic mass is 35.5. The van der Waals surface area contributed by atoms with Gasteiger partial charge in [0.15, 0.2) is 0 Å². The van der Waals surface area contributed by atoms with Crippen molar-refractivity contribution in [1.82, 2.24) is 0 Å². The van der Waals surface area contributed by atoms with E-state index in [1.807, 2.05) is 6.07 Å². The molecule has 0 saturated heterocycles. The fraction of sp³-hybridized carbons (Fsp3) is 0.0323. The third-order valence-corrected chi connectivity index (χ3v) is 6.82. The normalized spacial score (nSPS) is 13.8. The number of para-hydroxylation sites is 2. The molecule has 1 nitrogen and oxygen atoms in total. The molecule has 1 heterocycles. The third kappa shape index (κ3) is 3.01. The van der Waals surface area contributed by atoms with Crippen LogP contribution in [0.2, 0.25) is 5.02 Å². The van der Waals surface area contributed by atoms with E-state index in [-0.39, 0.29) is 0 Å². The third-order valence-electron chi connectivity index (χ3n) is 6.58. The Morgan fingerprint density at radius 3 is 1.64 bits per heavy atom. The Morgan fingerprint density at radius 2 is 1.00 bits per heavy atom. The van der Waals surface area contributed by atoms with Crippen LogP contribution in [-0.2, 0) is 5.41 Å². The molecule has 5 aromatic carbocycles. The number of hydrogen-bond acceptors (Lipinski definition) is 1. The molecule has 0 atom stereocenters. The lowest BCUT2D eigenvalue weighted by Gasteiger charge is -2.46. The van der Waals surface area contributed by atoms with Crippen molar-refractivity contribution in [1.29, 1.82) is 0 Å². The molecule has 2 heteroatoms. The van der Waals surface area contributed by atoms with Crippen molar-refractivity contribution in [2.75, 3.05) is 4.90 Å². The SMILES string of the molecule is Clc1ccc2c(c1)C(c1ccccc1)(c1ccccc1)c1ccccc1N2c1ccccc1. The molecule has 6 rings (SSSR count). The number of fused-ring (bicyclic) bond motifs is 2. The molecule has 1 aliphatic heterocycles. The number of halogens is 1. The Kier molecular flexibility index (Phi) is 4.78. The molecule has 0 unspecified atom stereocenters. The van der Waals surface area contributed by atoms with E-state index in [1.54, 1.807) is 0 Å². The first-order valence-electron chi connectivity index (χ1n) is 11.2. The molecule has 0 N–H and O–H groups in total. The van der Waals surface area contributed by atoms with Crippen molar-refractivity contribution < 1.29 is 0 Å². The van der Waals surface area contributed by atoms with Gasteiger partial charge in [-0.3, -0.25) is 0 Å². The van der Waals surface area contributed by atoms with E-state index in [9.17, 15) is 0 Å². The predicted octanol–water partition coefficient (Wildman–Crippen LogP) is 8.51. The van der Waals surface area contributed by atoms with Crippen molar-refractivity contribution in [2.45, 2.75) is 5.41 Å². The summed E-state index contributed by atoms with van der Waals surface area (Å²) < 4.78 is 0. The van der Waals surface area contributed by atoms with Crippen LogP contribution in [-0.4, -0.2) is 0 Å². The number of benzene rings is 5.